The van der Waals surface area contributed by atoms with Gasteiger partial charge in [-0.15, -0.1) is 0 Å². The van der Waals surface area contributed by atoms with Crippen LogP contribution in [-0.4, -0.2) is 49.5 Å². The average Bonchev–Trinajstić information content (AvgIpc) is 3.39. The van der Waals surface area contributed by atoms with E-state index >= 15 is 0 Å². The molecule has 9 heteroatoms. The van der Waals surface area contributed by atoms with E-state index in [4.69, 9.17) is 4.74 Å². The fourth-order valence-corrected chi connectivity index (χ4v) is 3.24. The maximum atomic E-state index is 12.3. The number of alkyl halides is 2. The summed E-state index contributed by atoms with van der Waals surface area (Å²) in [6.45, 7) is 0.908. The van der Waals surface area contributed by atoms with Gasteiger partial charge in [-0.3, -0.25) is 15.5 Å². The summed E-state index contributed by atoms with van der Waals surface area (Å²) in [5.41, 5.74) is 7.45. The van der Waals surface area contributed by atoms with Crippen LogP contribution in [0.25, 0.3) is 0 Å². The normalized spacial score (nSPS) is 17.9. The summed E-state index contributed by atoms with van der Waals surface area (Å²) < 4.78 is 29.7. The van der Waals surface area contributed by atoms with Crippen molar-refractivity contribution >= 4 is 11.9 Å². The highest BCUT2D eigenvalue weighted by molar-refractivity contribution is 6.01. The van der Waals surface area contributed by atoms with Crippen molar-refractivity contribution in [3.63, 3.8) is 0 Å². The Morgan fingerprint density at radius 1 is 1.21 bits per heavy atom. The molecule has 2 aliphatic rings. The molecule has 1 aliphatic carbocycles. The quantitative estimate of drug-likeness (QED) is 0.286. The summed E-state index contributed by atoms with van der Waals surface area (Å²) in [6, 6.07) is 6.98. The molecule has 154 valence electrons. The number of nitrogens with one attached hydrogen (secondary N) is 3. The molecule has 1 heterocycles. The number of imide groups is 1. The van der Waals surface area contributed by atoms with Gasteiger partial charge in [0.2, 0.25) is 5.91 Å². The molecule has 0 atom stereocenters. The lowest BCUT2D eigenvalue weighted by atomic mass is 10.1. The summed E-state index contributed by atoms with van der Waals surface area (Å²) in [6.07, 6.45) is 2.17. The van der Waals surface area contributed by atoms with Crippen molar-refractivity contribution in [3.05, 3.63) is 29.8 Å². The number of amides is 3. The Kier molecular flexibility index (Phi) is 6.79. The Morgan fingerprint density at radius 2 is 2.04 bits per heavy atom. The predicted octanol–water partition coefficient (Wildman–Crippen LogP) is 2.14. The van der Waals surface area contributed by atoms with Gasteiger partial charge in [-0.2, -0.15) is 0 Å². The molecule has 1 aromatic rings. The first-order valence-corrected chi connectivity index (χ1v) is 9.59. The fourth-order valence-electron chi connectivity index (χ4n) is 3.24. The number of rotatable bonds is 12. The van der Waals surface area contributed by atoms with E-state index < -0.39 is 13.0 Å². The van der Waals surface area contributed by atoms with E-state index in [-0.39, 0.29) is 24.0 Å². The highest BCUT2D eigenvalue weighted by Crippen LogP contribution is 2.45. The number of hydrogen-bond acceptors (Lipinski definition) is 5. The van der Waals surface area contributed by atoms with Gasteiger partial charge in [0.05, 0.1) is 5.54 Å². The third-order valence-electron chi connectivity index (χ3n) is 4.94. The molecule has 1 aromatic carbocycles. The SMILES string of the molecule is O=C1CN(CCCCCNNC2(c3cccc(OCC(F)F)c3)CC2)C(=O)N1. The molecule has 0 unspecified atom stereocenters. The minimum Gasteiger partial charge on any atom is -0.488 e. The molecule has 0 aromatic heterocycles. The largest absolute Gasteiger partial charge is 0.488 e. The molecule has 0 spiro atoms. The van der Waals surface area contributed by atoms with Gasteiger partial charge in [-0.05, 0) is 43.4 Å². The van der Waals surface area contributed by atoms with Crippen LogP contribution < -0.4 is 20.9 Å². The third-order valence-corrected chi connectivity index (χ3v) is 4.94. The van der Waals surface area contributed by atoms with Gasteiger partial charge in [-0.1, -0.05) is 18.6 Å². The monoisotopic (exact) mass is 396 g/mol. The van der Waals surface area contributed by atoms with E-state index in [1.165, 1.54) is 4.90 Å². The Morgan fingerprint density at radius 3 is 2.71 bits per heavy atom. The van der Waals surface area contributed by atoms with E-state index in [1.54, 1.807) is 6.07 Å². The zero-order chi connectivity index (χ0) is 20.0. The molecule has 28 heavy (non-hydrogen) atoms. The van der Waals surface area contributed by atoms with Crippen LogP contribution in [0, 0.1) is 0 Å². The van der Waals surface area contributed by atoms with Gasteiger partial charge in [0, 0.05) is 13.1 Å². The number of carbonyl (C=O) groups is 2. The summed E-state index contributed by atoms with van der Waals surface area (Å²) in [4.78, 5) is 24.1. The number of nitrogens with zero attached hydrogens (tertiary/aromatic N) is 1. The molecule has 7 nitrogen and oxygen atoms in total. The summed E-state index contributed by atoms with van der Waals surface area (Å²) >= 11 is 0. The maximum absolute atomic E-state index is 12.3. The average molecular weight is 396 g/mol. The minimum absolute atomic E-state index is 0.154. The third kappa shape index (κ3) is 5.62. The summed E-state index contributed by atoms with van der Waals surface area (Å²) in [5, 5.41) is 2.26. The Labute approximate surface area is 162 Å². The highest BCUT2D eigenvalue weighted by atomic mass is 19.3. The number of halogens is 2. The van der Waals surface area contributed by atoms with Crippen LogP contribution in [0.2, 0.25) is 0 Å². The second kappa shape index (κ2) is 9.29. The second-order valence-corrected chi connectivity index (χ2v) is 7.20. The van der Waals surface area contributed by atoms with Crippen LogP contribution in [0.5, 0.6) is 5.75 Å². The standard InChI is InChI=1S/C19H26F2N4O3/c20-16(21)13-28-15-6-4-5-14(11-15)19(7-8-19)24-22-9-2-1-3-10-25-12-17(26)23-18(25)27/h4-6,11,16,22,24H,1-3,7-10,12-13H2,(H,23,26,27). The van der Waals surface area contributed by atoms with Gasteiger partial charge in [0.1, 0.15) is 18.9 Å². The number of ether oxygens (including phenoxy) is 1. The van der Waals surface area contributed by atoms with Gasteiger partial charge in [0.15, 0.2) is 0 Å². The lowest BCUT2D eigenvalue weighted by molar-refractivity contribution is -0.118. The Hall–Kier alpha value is -2.26. The molecular weight excluding hydrogens is 370 g/mol. The molecule has 0 radical (unpaired) electrons. The highest BCUT2D eigenvalue weighted by Gasteiger charge is 2.44. The van der Waals surface area contributed by atoms with Crippen LogP contribution >= 0.6 is 0 Å². The molecule has 1 saturated carbocycles. The van der Waals surface area contributed by atoms with Crippen molar-refractivity contribution in [1.82, 2.24) is 21.1 Å². The second-order valence-electron chi connectivity index (χ2n) is 7.20. The first-order valence-electron chi connectivity index (χ1n) is 9.59. The molecule has 3 rings (SSSR count). The van der Waals surface area contributed by atoms with E-state index in [9.17, 15) is 18.4 Å². The minimum atomic E-state index is -2.49. The zero-order valence-corrected chi connectivity index (χ0v) is 15.7. The van der Waals surface area contributed by atoms with Gasteiger partial charge < -0.3 is 9.64 Å². The van der Waals surface area contributed by atoms with Crippen LogP contribution in [0.1, 0.15) is 37.7 Å². The van der Waals surface area contributed by atoms with Crippen molar-refractivity contribution < 1.29 is 23.1 Å². The smallest absolute Gasteiger partial charge is 0.324 e. The molecule has 0 bridgehead atoms. The van der Waals surface area contributed by atoms with E-state index in [1.807, 2.05) is 18.2 Å². The Bertz CT molecular complexity index is 698. The first-order chi connectivity index (χ1) is 13.5. The van der Waals surface area contributed by atoms with Crippen LogP contribution in [0.3, 0.4) is 0 Å². The molecule has 1 saturated heterocycles. The van der Waals surface area contributed by atoms with Gasteiger partial charge >= 0.3 is 6.03 Å². The van der Waals surface area contributed by atoms with Crippen LogP contribution in [-0.2, 0) is 10.3 Å². The number of hydrogen-bond donors (Lipinski definition) is 3. The molecule has 3 amide bonds. The zero-order valence-electron chi connectivity index (χ0n) is 15.7. The van der Waals surface area contributed by atoms with Crippen molar-refractivity contribution in [3.8, 4) is 5.75 Å². The number of benzene rings is 1. The van der Waals surface area contributed by atoms with E-state index in [0.717, 1.165) is 44.2 Å². The molecule has 3 N–H and O–H groups in total. The van der Waals surface area contributed by atoms with Crippen LogP contribution in [0.15, 0.2) is 24.3 Å². The van der Waals surface area contributed by atoms with Gasteiger partial charge in [-0.25, -0.2) is 19.0 Å². The number of urea groups is 1. The topological polar surface area (TPSA) is 82.7 Å². The first kappa shape index (κ1) is 20.5. The van der Waals surface area contributed by atoms with E-state index in [0.29, 0.717) is 12.3 Å². The summed E-state index contributed by atoms with van der Waals surface area (Å²) in [5.74, 6) is 0.213. The fraction of sp³-hybridized carbons (Fsp3) is 0.579. The molecule has 1 aliphatic heterocycles. The number of hydrazine groups is 1. The lowest BCUT2D eigenvalue weighted by Crippen LogP contribution is -2.41. The van der Waals surface area contributed by atoms with E-state index in [2.05, 4.69) is 16.2 Å². The molecule has 2 fully saturated rings. The van der Waals surface area contributed by atoms with Crippen molar-refractivity contribution in [2.75, 3.05) is 26.2 Å². The Balaban J connectivity index is 1.33. The maximum Gasteiger partial charge on any atom is 0.324 e. The van der Waals surface area contributed by atoms with Crippen molar-refractivity contribution in [1.29, 1.82) is 0 Å². The summed E-state index contributed by atoms with van der Waals surface area (Å²) in [7, 11) is 0. The number of carbonyl (C=O) groups excluding carboxylic acids is 2. The molecular formula is C19H26F2N4O3. The lowest BCUT2D eigenvalue weighted by Gasteiger charge is -2.20. The predicted molar refractivity (Wildman–Crippen MR) is 99.0 cm³/mol. The van der Waals surface area contributed by atoms with Crippen LogP contribution in [0.4, 0.5) is 13.6 Å². The van der Waals surface area contributed by atoms with Gasteiger partial charge in [0.25, 0.3) is 6.43 Å². The van der Waals surface area contributed by atoms with Crippen molar-refractivity contribution in [2.24, 2.45) is 0 Å². The van der Waals surface area contributed by atoms with Crippen molar-refractivity contribution in [2.45, 2.75) is 44.1 Å². The number of unbranched alkanes of at least 4 members (excludes halogenated alkanes) is 2.